The van der Waals surface area contributed by atoms with Crippen LogP contribution in [-0.2, 0) is 45.2 Å². The summed E-state index contributed by atoms with van der Waals surface area (Å²) in [5.74, 6) is -1.57. The zero-order chi connectivity index (χ0) is 35.8. The molecule has 0 amide bonds. The van der Waals surface area contributed by atoms with Gasteiger partial charge in [0.2, 0.25) is 6.10 Å². The number of aliphatic hydroxyl groups is 1. The van der Waals surface area contributed by atoms with Crippen LogP contribution in [0.25, 0.3) is 0 Å². The van der Waals surface area contributed by atoms with Gasteiger partial charge in [0.05, 0.1) is 30.5 Å². The van der Waals surface area contributed by atoms with Gasteiger partial charge in [0, 0.05) is 23.6 Å². The molecule has 2 aliphatic carbocycles. The molecule has 2 bridgehead atoms. The second-order valence-electron chi connectivity index (χ2n) is 14.4. The number of unbranched alkanes of at least 4 members (excludes halogenated alkanes) is 1. The van der Waals surface area contributed by atoms with E-state index in [-0.39, 0.29) is 43.4 Å². The van der Waals surface area contributed by atoms with Crippen LogP contribution in [0.3, 0.4) is 0 Å². The van der Waals surface area contributed by atoms with Crippen LogP contribution < -0.4 is 9.47 Å². The Labute approximate surface area is 291 Å². The van der Waals surface area contributed by atoms with Crippen molar-refractivity contribution in [1.29, 1.82) is 0 Å². The van der Waals surface area contributed by atoms with Crippen molar-refractivity contribution in [2.45, 2.75) is 108 Å². The van der Waals surface area contributed by atoms with Gasteiger partial charge < -0.3 is 38.4 Å². The highest BCUT2D eigenvalue weighted by Gasteiger charge is 2.72. The lowest BCUT2D eigenvalue weighted by Crippen LogP contribution is -2.74. The molecule has 0 radical (unpaired) electrons. The van der Waals surface area contributed by atoms with Crippen molar-refractivity contribution >= 4 is 24.1 Å². The zero-order valence-electron chi connectivity index (χ0n) is 29.2. The molecule has 2 heterocycles. The van der Waals surface area contributed by atoms with E-state index in [1.165, 1.54) is 0 Å². The molecule has 6 rings (SSSR count). The summed E-state index contributed by atoms with van der Waals surface area (Å²) in [6, 6.07) is 11.7. The van der Waals surface area contributed by atoms with Gasteiger partial charge in [-0.2, -0.15) is 0 Å². The van der Waals surface area contributed by atoms with Crippen molar-refractivity contribution in [3.8, 4) is 11.5 Å². The van der Waals surface area contributed by atoms with Crippen LogP contribution in [0.2, 0.25) is 0 Å². The number of esters is 3. The Kier molecular flexibility index (Phi) is 9.71. The highest BCUT2D eigenvalue weighted by Crippen LogP contribution is 2.65. The maximum absolute atomic E-state index is 14.0. The van der Waals surface area contributed by atoms with Gasteiger partial charge in [-0.1, -0.05) is 49.7 Å². The molecular weight excluding hydrogens is 646 g/mol. The monoisotopic (exact) mass is 691 g/mol. The Morgan fingerprint density at radius 2 is 1.78 bits per heavy atom. The molecule has 5 atom stereocenters. The van der Waals surface area contributed by atoms with Crippen LogP contribution >= 0.6 is 0 Å². The largest absolute Gasteiger partial charge is 0.514 e. The number of likely N-dealkylation sites (N-methyl/N-ethyl adjacent to an activating group) is 1. The molecule has 2 aliphatic heterocycles. The molecule has 0 aromatic heterocycles. The Morgan fingerprint density at radius 1 is 1.04 bits per heavy atom. The minimum Gasteiger partial charge on any atom is -0.477 e. The molecule has 50 heavy (non-hydrogen) atoms. The fourth-order valence-electron chi connectivity index (χ4n) is 7.71. The van der Waals surface area contributed by atoms with E-state index in [0.29, 0.717) is 30.7 Å². The first-order chi connectivity index (χ1) is 23.8. The first-order valence-electron chi connectivity index (χ1n) is 17.3. The van der Waals surface area contributed by atoms with Crippen LogP contribution in [-0.4, -0.2) is 77.6 Å². The van der Waals surface area contributed by atoms with E-state index in [0.717, 1.165) is 24.0 Å². The Morgan fingerprint density at radius 3 is 2.50 bits per heavy atom. The van der Waals surface area contributed by atoms with Crippen molar-refractivity contribution in [3.63, 3.8) is 0 Å². The predicted octanol–water partition coefficient (Wildman–Crippen LogP) is 5.23. The summed E-state index contributed by atoms with van der Waals surface area (Å²) in [5, 5.41) is 12.6. The summed E-state index contributed by atoms with van der Waals surface area (Å²) in [5.41, 5.74) is -1.06. The maximum Gasteiger partial charge on any atom is 0.514 e. The second-order valence-corrected chi connectivity index (χ2v) is 14.4. The molecule has 1 N–H and O–H groups in total. The number of rotatable bonds is 11. The number of carbonyl (C=O) groups excluding carboxylic acids is 4. The fourth-order valence-corrected chi connectivity index (χ4v) is 7.71. The van der Waals surface area contributed by atoms with E-state index in [1.807, 2.05) is 20.0 Å². The lowest BCUT2D eigenvalue weighted by molar-refractivity contribution is -0.176. The number of benzene rings is 2. The van der Waals surface area contributed by atoms with Crippen molar-refractivity contribution in [3.05, 3.63) is 71.0 Å². The van der Waals surface area contributed by atoms with Gasteiger partial charge in [-0.3, -0.25) is 9.59 Å². The molecule has 2 aromatic carbocycles. The number of ether oxygens (including phenoxy) is 6. The number of piperidine rings is 1. The summed E-state index contributed by atoms with van der Waals surface area (Å²) in [7, 11) is 1.98. The van der Waals surface area contributed by atoms with E-state index in [4.69, 9.17) is 28.4 Å². The summed E-state index contributed by atoms with van der Waals surface area (Å²) in [6.07, 6.45) is 0.656. The first-order valence-corrected chi connectivity index (χ1v) is 17.3. The van der Waals surface area contributed by atoms with Crippen molar-refractivity contribution in [1.82, 2.24) is 4.90 Å². The third-order valence-electron chi connectivity index (χ3n) is 10.00. The number of hydrogen-bond donors (Lipinski definition) is 1. The van der Waals surface area contributed by atoms with E-state index < -0.39 is 52.9 Å². The predicted molar refractivity (Wildman–Crippen MR) is 178 cm³/mol. The van der Waals surface area contributed by atoms with Gasteiger partial charge in [-0.25, -0.2) is 9.59 Å². The molecule has 1 saturated heterocycles. The van der Waals surface area contributed by atoms with Crippen LogP contribution in [0.15, 0.2) is 54.3 Å². The van der Waals surface area contributed by atoms with Gasteiger partial charge in [0.1, 0.15) is 11.4 Å². The minimum absolute atomic E-state index is 0.136. The number of nitrogens with zero attached hydrogens (tertiary/aromatic N) is 1. The van der Waals surface area contributed by atoms with E-state index >= 15 is 0 Å². The SMILES string of the molecule is CCCCOC(=O)CCC(=O)O[C@H](C(=O)OC1=CC[C@@]2(O)[C@H]3Cc4ccc(OC(=O)OC(C)(C)C)c5c4[C@@]2(CCN3C)[C@H]1O5)c1ccccc1. The average molecular weight is 692 g/mol. The molecule has 12 nitrogen and oxygen atoms in total. The Balaban J connectivity index is 1.29. The zero-order valence-corrected chi connectivity index (χ0v) is 29.2. The van der Waals surface area contributed by atoms with Gasteiger partial charge in [0.25, 0.3) is 0 Å². The molecule has 4 aliphatic rings. The smallest absolute Gasteiger partial charge is 0.477 e. The van der Waals surface area contributed by atoms with E-state index in [9.17, 15) is 24.3 Å². The van der Waals surface area contributed by atoms with Crippen molar-refractivity contribution in [2.24, 2.45) is 0 Å². The quantitative estimate of drug-likeness (QED) is 0.142. The van der Waals surface area contributed by atoms with E-state index in [2.05, 4.69) is 4.90 Å². The minimum atomic E-state index is -1.44. The maximum atomic E-state index is 14.0. The van der Waals surface area contributed by atoms with Gasteiger partial charge in [-0.05, 0) is 71.3 Å². The lowest BCUT2D eigenvalue weighted by atomic mass is 9.50. The van der Waals surface area contributed by atoms with Crippen molar-refractivity contribution in [2.75, 3.05) is 20.2 Å². The summed E-state index contributed by atoms with van der Waals surface area (Å²) >= 11 is 0. The first kappa shape index (κ1) is 35.4. The summed E-state index contributed by atoms with van der Waals surface area (Å²) < 4.78 is 34.5. The molecule has 0 unspecified atom stereocenters. The normalized spacial score (nSPS) is 25.3. The van der Waals surface area contributed by atoms with Crippen molar-refractivity contribution < 1.29 is 52.7 Å². The molecule has 268 valence electrons. The van der Waals surface area contributed by atoms with Gasteiger partial charge in [-0.15, -0.1) is 0 Å². The fraction of sp³-hybridized carbons (Fsp3) is 0.526. The van der Waals surface area contributed by atoms with Crippen LogP contribution in [0.4, 0.5) is 4.79 Å². The van der Waals surface area contributed by atoms with Crippen LogP contribution in [0.1, 0.15) is 89.0 Å². The molecule has 1 fully saturated rings. The van der Waals surface area contributed by atoms with E-state index in [1.54, 1.807) is 63.2 Å². The van der Waals surface area contributed by atoms with Gasteiger partial charge >= 0.3 is 24.1 Å². The topological polar surface area (TPSA) is 147 Å². The molecule has 1 spiro atoms. The highest BCUT2D eigenvalue weighted by molar-refractivity contribution is 5.83. The van der Waals surface area contributed by atoms with Crippen LogP contribution in [0, 0.1) is 0 Å². The standard InChI is InChI=1S/C38H45NO11/c1-6-7-21-45-28(40)15-16-29(41)48-31(23-11-9-8-10-12-23)34(42)46-26-17-18-38(44)27-22-24-13-14-25(47-35(43)50-36(2,3)4)32-30(24)37(38,33(26)49-32)19-20-39(27)5/h8-14,17,27,31,33,44H,6-7,15-16,18-22H2,1-5H3/t27-,31+,33+,37+,38-/m1/s1. The highest BCUT2D eigenvalue weighted by atomic mass is 16.7. The molecule has 12 heteroatoms. The van der Waals surface area contributed by atoms with Gasteiger partial charge in [0.15, 0.2) is 17.6 Å². The number of likely N-dealkylation sites (tertiary alicyclic amines) is 1. The summed E-state index contributed by atoms with van der Waals surface area (Å²) in [6.45, 7) is 8.08. The molecular formula is C38H45NO11. The van der Waals surface area contributed by atoms with Crippen LogP contribution in [0.5, 0.6) is 11.5 Å². The number of hydrogen-bond acceptors (Lipinski definition) is 12. The third kappa shape index (κ3) is 6.46. The third-order valence-corrected chi connectivity index (χ3v) is 10.00. The molecule has 0 saturated carbocycles. The summed E-state index contributed by atoms with van der Waals surface area (Å²) in [4.78, 5) is 53.9. The molecule has 2 aromatic rings. The average Bonchev–Trinajstić information content (AvgIpc) is 3.42. The Hall–Kier alpha value is -4.42. The number of carbonyl (C=O) groups is 4. The Bertz CT molecular complexity index is 1680. The lowest BCUT2D eigenvalue weighted by Gasteiger charge is -2.61. The second kappa shape index (κ2) is 13.7.